The SMILES string of the molecule is Cc1nc(C)c(C(=O)Nc2cc(CN)cc(C(F)(F)F)c2)s1.Cl.Cl. The molecule has 0 spiro atoms. The van der Waals surface area contributed by atoms with Gasteiger partial charge in [0, 0.05) is 12.2 Å². The lowest BCUT2D eigenvalue weighted by molar-refractivity contribution is -0.137. The summed E-state index contributed by atoms with van der Waals surface area (Å²) in [6.07, 6.45) is -4.50. The summed E-state index contributed by atoms with van der Waals surface area (Å²) < 4.78 is 38.6. The van der Waals surface area contributed by atoms with Gasteiger partial charge >= 0.3 is 6.18 Å². The van der Waals surface area contributed by atoms with E-state index in [1.807, 2.05) is 0 Å². The summed E-state index contributed by atoms with van der Waals surface area (Å²) in [7, 11) is 0. The van der Waals surface area contributed by atoms with E-state index in [1.54, 1.807) is 13.8 Å². The van der Waals surface area contributed by atoms with Gasteiger partial charge in [-0.05, 0) is 37.6 Å². The summed E-state index contributed by atoms with van der Waals surface area (Å²) in [6.45, 7) is 3.38. The zero-order valence-corrected chi connectivity index (χ0v) is 15.2. The first-order valence-electron chi connectivity index (χ1n) is 6.37. The van der Waals surface area contributed by atoms with Crippen LogP contribution >= 0.6 is 36.2 Å². The maximum Gasteiger partial charge on any atom is 0.416 e. The molecule has 0 saturated carbocycles. The molecule has 0 aliphatic rings. The summed E-state index contributed by atoms with van der Waals surface area (Å²) in [6, 6.07) is 3.29. The lowest BCUT2D eigenvalue weighted by Gasteiger charge is -2.12. The first-order valence-corrected chi connectivity index (χ1v) is 7.19. The van der Waals surface area contributed by atoms with Crippen molar-refractivity contribution in [1.82, 2.24) is 4.98 Å². The second kappa shape index (κ2) is 8.66. The van der Waals surface area contributed by atoms with Gasteiger partial charge < -0.3 is 11.1 Å². The molecule has 0 aliphatic carbocycles. The molecule has 2 aromatic rings. The molecule has 1 aromatic carbocycles. The number of carbonyl (C=O) groups is 1. The second-order valence-corrected chi connectivity index (χ2v) is 5.93. The van der Waals surface area contributed by atoms with Crippen molar-refractivity contribution in [2.75, 3.05) is 5.32 Å². The van der Waals surface area contributed by atoms with Crippen LogP contribution in [0.15, 0.2) is 18.2 Å². The van der Waals surface area contributed by atoms with E-state index in [9.17, 15) is 18.0 Å². The fraction of sp³-hybridized carbons (Fsp3) is 0.286. The molecule has 10 heteroatoms. The minimum atomic E-state index is -4.50. The number of carbonyl (C=O) groups excluding carboxylic acids is 1. The molecule has 0 atom stereocenters. The predicted molar refractivity (Wildman–Crippen MR) is 93.4 cm³/mol. The monoisotopic (exact) mass is 401 g/mol. The van der Waals surface area contributed by atoms with E-state index < -0.39 is 17.6 Å². The maximum absolute atomic E-state index is 12.9. The number of amides is 1. The number of aromatic nitrogens is 1. The van der Waals surface area contributed by atoms with Crippen LogP contribution in [0.4, 0.5) is 18.9 Å². The third kappa shape index (κ3) is 5.34. The van der Waals surface area contributed by atoms with Crippen molar-refractivity contribution in [3.63, 3.8) is 0 Å². The molecule has 4 nitrogen and oxygen atoms in total. The Morgan fingerprint density at radius 1 is 1.25 bits per heavy atom. The van der Waals surface area contributed by atoms with Crippen molar-refractivity contribution >= 4 is 47.7 Å². The smallest absolute Gasteiger partial charge is 0.326 e. The highest BCUT2D eigenvalue weighted by atomic mass is 35.5. The van der Waals surface area contributed by atoms with Gasteiger partial charge in [-0.2, -0.15) is 13.2 Å². The summed E-state index contributed by atoms with van der Waals surface area (Å²) in [5.74, 6) is -0.481. The molecule has 0 aliphatic heterocycles. The van der Waals surface area contributed by atoms with E-state index in [1.165, 1.54) is 17.4 Å². The summed E-state index contributed by atoms with van der Waals surface area (Å²) in [5.41, 5.74) is 5.47. The minimum Gasteiger partial charge on any atom is -0.326 e. The zero-order chi connectivity index (χ0) is 16.5. The van der Waals surface area contributed by atoms with E-state index in [-0.39, 0.29) is 37.0 Å². The van der Waals surface area contributed by atoms with Gasteiger partial charge in [0.25, 0.3) is 5.91 Å². The maximum atomic E-state index is 12.9. The van der Waals surface area contributed by atoms with E-state index in [0.717, 1.165) is 12.1 Å². The van der Waals surface area contributed by atoms with Gasteiger partial charge in [0.05, 0.1) is 16.3 Å². The lowest BCUT2D eigenvalue weighted by Crippen LogP contribution is -2.14. The van der Waals surface area contributed by atoms with Crippen LogP contribution in [0.25, 0.3) is 0 Å². The topological polar surface area (TPSA) is 68.0 Å². The van der Waals surface area contributed by atoms with Crippen LogP contribution in [-0.2, 0) is 12.7 Å². The molecule has 1 heterocycles. The Bertz CT molecular complexity index is 720. The summed E-state index contributed by atoms with van der Waals surface area (Å²) in [5, 5.41) is 3.19. The number of thiazole rings is 1. The number of benzene rings is 1. The second-order valence-electron chi connectivity index (χ2n) is 4.72. The van der Waals surface area contributed by atoms with Crippen LogP contribution in [0.2, 0.25) is 0 Å². The highest BCUT2D eigenvalue weighted by Crippen LogP contribution is 2.32. The van der Waals surface area contributed by atoms with Crippen molar-refractivity contribution < 1.29 is 18.0 Å². The molecule has 1 amide bonds. The Morgan fingerprint density at radius 3 is 2.33 bits per heavy atom. The van der Waals surface area contributed by atoms with Gasteiger partial charge in [-0.3, -0.25) is 4.79 Å². The van der Waals surface area contributed by atoms with Crippen molar-refractivity contribution in [3.05, 3.63) is 44.9 Å². The van der Waals surface area contributed by atoms with Crippen molar-refractivity contribution in [3.8, 4) is 0 Å². The van der Waals surface area contributed by atoms with Crippen molar-refractivity contribution in [2.45, 2.75) is 26.6 Å². The first kappa shape index (κ1) is 22.7. The Morgan fingerprint density at radius 2 is 1.88 bits per heavy atom. The number of aryl methyl sites for hydroxylation is 2. The van der Waals surface area contributed by atoms with Gasteiger partial charge in [-0.25, -0.2) is 4.98 Å². The third-order valence-electron chi connectivity index (χ3n) is 2.92. The minimum absolute atomic E-state index is 0. The number of anilines is 1. The van der Waals surface area contributed by atoms with Crippen molar-refractivity contribution in [1.29, 1.82) is 0 Å². The number of nitrogens with one attached hydrogen (secondary N) is 1. The van der Waals surface area contributed by atoms with Crippen LogP contribution in [0.3, 0.4) is 0 Å². The van der Waals surface area contributed by atoms with E-state index in [0.29, 0.717) is 21.1 Å². The van der Waals surface area contributed by atoms with Crippen molar-refractivity contribution in [2.24, 2.45) is 5.73 Å². The molecule has 0 bridgehead atoms. The number of nitrogens with zero attached hydrogens (tertiary/aromatic N) is 1. The van der Waals surface area contributed by atoms with Gasteiger partial charge in [0.2, 0.25) is 0 Å². The molecule has 134 valence electrons. The number of rotatable bonds is 3. The normalized spacial score (nSPS) is 10.6. The van der Waals surface area contributed by atoms with E-state index in [2.05, 4.69) is 10.3 Å². The highest BCUT2D eigenvalue weighted by Gasteiger charge is 2.31. The molecule has 0 fully saturated rings. The van der Waals surface area contributed by atoms with Crippen LogP contribution in [0, 0.1) is 13.8 Å². The Hall–Kier alpha value is -1.35. The zero-order valence-electron chi connectivity index (χ0n) is 12.7. The summed E-state index contributed by atoms with van der Waals surface area (Å²) >= 11 is 1.19. The van der Waals surface area contributed by atoms with Crippen LogP contribution in [0.1, 0.15) is 31.5 Å². The average Bonchev–Trinajstić information content (AvgIpc) is 2.76. The number of hydrogen-bond acceptors (Lipinski definition) is 4. The fourth-order valence-corrected chi connectivity index (χ4v) is 2.79. The highest BCUT2D eigenvalue weighted by molar-refractivity contribution is 7.13. The Labute approximate surface area is 153 Å². The third-order valence-corrected chi connectivity index (χ3v) is 4.00. The van der Waals surface area contributed by atoms with Crippen LogP contribution < -0.4 is 11.1 Å². The number of nitrogens with two attached hydrogens (primary N) is 1. The fourth-order valence-electron chi connectivity index (χ4n) is 1.98. The quantitative estimate of drug-likeness (QED) is 0.803. The molecule has 0 radical (unpaired) electrons. The predicted octanol–water partition coefficient (Wildman–Crippen LogP) is 4.33. The number of halogens is 5. The Balaban J connectivity index is 0.00000264. The van der Waals surface area contributed by atoms with Gasteiger partial charge in [0.15, 0.2) is 0 Å². The molecule has 24 heavy (non-hydrogen) atoms. The Kier molecular flexibility index (Phi) is 8.17. The standard InChI is InChI=1S/C14H14F3N3OS.2ClH/c1-7-12(22-8(2)19-7)13(21)20-11-4-9(6-18)3-10(5-11)14(15,16)17;;/h3-5H,6,18H2,1-2H3,(H,20,21);2*1H. The number of hydrogen-bond donors (Lipinski definition) is 2. The molecular weight excluding hydrogens is 386 g/mol. The van der Waals surface area contributed by atoms with Gasteiger partial charge in [-0.15, -0.1) is 36.2 Å². The summed E-state index contributed by atoms with van der Waals surface area (Å²) in [4.78, 5) is 16.7. The largest absolute Gasteiger partial charge is 0.416 e. The molecule has 1 aromatic heterocycles. The van der Waals surface area contributed by atoms with E-state index >= 15 is 0 Å². The molecule has 0 saturated heterocycles. The number of alkyl halides is 3. The molecule has 3 N–H and O–H groups in total. The van der Waals surface area contributed by atoms with Crippen LogP contribution in [-0.4, -0.2) is 10.9 Å². The molecular formula is C14H16Cl2F3N3OS. The van der Waals surface area contributed by atoms with Gasteiger partial charge in [0.1, 0.15) is 4.88 Å². The van der Waals surface area contributed by atoms with E-state index in [4.69, 9.17) is 5.73 Å². The van der Waals surface area contributed by atoms with Crippen LogP contribution in [0.5, 0.6) is 0 Å². The first-order chi connectivity index (χ1) is 10.2. The molecule has 2 rings (SSSR count). The van der Waals surface area contributed by atoms with Gasteiger partial charge in [-0.1, -0.05) is 0 Å². The lowest BCUT2D eigenvalue weighted by atomic mass is 10.1. The molecule has 0 unspecified atom stereocenters. The average molecular weight is 402 g/mol.